The van der Waals surface area contributed by atoms with Gasteiger partial charge in [0.25, 0.3) is 0 Å². The van der Waals surface area contributed by atoms with Gasteiger partial charge < -0.3 is 0 Å². The van der Waals surface area contributed by atoms with Crippen molar-refractivity contribution in [1.82, 2.24) is 0 Å². The van der Waals surface area contributed by atoms with Crippen molar-refractivity contribution in [2.45, 2.75) is 24.2 Å². The molecule has 0 saturated carbocycles. The number of sulfone groups is 1. The summed E-state index contributed by atoms with van der Waals surface area (Å²) in [5.41, 5.74) is 3.95. The van der Waals surface area contributed by atoms with Gasteiger partial charge in [-0.05, 0) is 65.8 Å². The maximum absolute atomic E-state index is 13.2. The summed E-state index contributed by atoms with van der Waals surface area (Å²) in [6, 6.07) is 11.4. The Labute approximate surface area is 130 Å². The van der Waals surface area contributed by atoms with Gasteiger partial charge in [0.15, 0.2) is 9.84 Å². The predicted octanol–water partition coefficient (Wildman–Crippen LogP) is 4.46. The van der Waals surface area contributed by atoms with Crippen LogP contribution in [0.2, 0.25) is 0 Å². The van der Waals surface area contributed by atoms with E-state index in [1.165, 1.54) is 24.0 Å². The Morgan fingerprint density at radius 2 is 1.73 bits per heavy atom. The minimum atomic E-state index is -3.28. The van der Waals surface area contributed by atoms with Gasteiger partial charge >= 0.3 is 0 Å². The lowest BCUT2D eigenvalue weighted by molar-refractivity contribution is 0.602. The van der Waals surface area contributed by atoms with Gasteiger partial charge in [-0.1, -0.05) is 24.3 Å². The zero-order valence-electron chi connectivity index (χ0n) is 12.3. The lowest BCUT2D eigenvalue weighted by Gasteiger charge is -2.13. The Hall–Kier alpha value is -1.94. The molecule has 0 unspecified atom stereocenters. The molecule has 2 aromatic carbocycles. The molecule has 114 valence electrons. The van der Waals surface area contributed by atoms with Crippen molar-refractivity contribution in [3.8, 4) is 11.1 Å². The molecule has 0 aromatic heterocycles. The van der Waals surface area contributed by atoms with Crippen LogP contribution in [0.15, 0.2) is 53.4 Å². The first-order valence-electron chi connectivity index (χ1n) is 7.24. The van der Waals surface area contributed by atoms with E-state index >= 15 is 0 Å². The normalized spacial score (nSPS) is 14.9. The number of halogens is 1. The van der Waals surface area contributed by atoms with Gasteiger partial charge in [-0.3, -0.25) is 0 Å². The molecule has 3 rings (SSSR count). The van der Waals surface area contributed by atoms with Crippen molar-refractivity contribution in [1.29, 1.82) is 0 Å². The molecule has 22 heavy (non-hydrogen) atoms. The van der Waals surface area contributed by atoms with Gasteiger partial charge in [0.1, 0.15) is 5.82 Å². The maximum Gasteiger partial charge on any atom is 0.175 e. The van der Waals surface area contributed by atoms with Crippen LogP contribution in [0.4, 0.5) is 4.39 Å². The fourth-order valence-electron chi connectivity index (χ4n) is 2.82. The van der Waals surface area contributed by atoms with Crippen molar-refractivity contribution < 1.29 is 12.8 Å². The summed E-state index contributed by atoms with van der Waals surface area (Å²) in [5, 5.41) is 0. The monoisotopic (exact) mass is 316 g/mol. The minimum Gasteiger partial charge on any atom is -0.224 e. The van der Waals surface area contributed by atoms with Gasteiger partial charge in [0.05, 0.1) is 4.90 Å². The Morgan fingerprint density at radius 3 is 2.32 bits per heavy atom. The second kappa shape index (κ2) is 5.69. The lowest BCUT2D eigenvalue weighted by atomic mass is 9.94. The van der Waals surface area contributed by atoms with E-state index in [0.717, 1.165) is 36.0 Å². The van der Waals surface area contributed by atoms with Gasteiger partial charge in [-0.25, -0.2) is 12.8 Å². The zero-order valence-corrected chi connectivity index (χ0v) is 13.2. The predicted molar refractivity (Wildman–Crippen MR) is 86.8 cm³/mol. The molecule has 0 atom stereocenters. The fourth-order valence-corrected chi connectivity index (χ4v) is 3.46. The molecule has 0 spiro atoms. The number of allylic oxidation sites excluding steroid dienone is 2. The van der Waals surface area contributed by atoms with E-state index < -0.39 is 9.84 Å². The van der Waals surface area contributed by atoms with Crippen molar-refractivity contribution in [3.63, 3.8) is 0 Å². The molecule has 0 heterocycles. The standard InChI is InChI=1S/C18H17FO2S/c1-22(20,21)16-10-11-17(13-4-2-3-5-13)18(12-16)14-6-8-15(19)9-7-14/h4,6-12H,2-3,5H2,1H3. The molecule has 0 N–H and O–H groups in total. The summed E-state index contributed by atoms with van der Waals surface area (Å²) in [5.74, 6) is -0.301. The lowest BCUT2D eigenvalue weighted by Crippen LogP contribution is -1.99. The first-order valence-corrected chi connectivity index (χ1v) is 9.14. The van der Waals surface area contributed by atoms with E-state index in [1.807, 2.05) is 6.07 Å². The molecule has 1 aliphatic carbocycles. The highest BCUT2D eigenvalue weighted by molar-refractivity contribution is 7.90. The van der Waals surface area contributed by atoms with Crippen LogP contribution in [0, 0.1) is 5.82 Å². The average molecular weight is 316 g/mol. The van der Waals surface area contributed by atoms with Crippen molar-refractivity contribution in [3.05, 3.63) is 59.9 Å². The van der Waals surface area contributed by atoms with Crippen LogP contribution in [-0.2, 0) is 9.84 Å². The molecule has 0 amide bonds. The summed E-state index contributed by atoms with van der Waals surface area (Å²) in [6.07, 6.45) is 6.55. The van der Waals surface area contributed by atoms with Gasteiger partial charge in [0.2, 0.25) is 0 Å². The molecule has 0 saturated heterocycles. The van der Waals surface area contributed by atoms with Gasteiger partial charge in [0, 0.05) is 6.26 Å². The molecule has 4 heteroatoms. The van der Waals surface area contributed by atoms with Gasteiger partial charge in [-0.15, -0.1) is 0 Å². The molecule has 0 aliphatic heterocycles. The Morgan fingerprint density at radius 1 is 1.00 bits per heavy atom. The molecule has 0 radical (unpaired) electrons. The van der Waals surface area contributed by atoms with E-state index in [2.05, 4.69) is 6.08 Å². The highest BCUT2D eigenvalue weighted by Crippen LogP contribution is 2.36. The van der Waals surface area contributed by atoms with Crippen LogP contribution in [0.5, 0.6) is 0 Å². The molecule has 1 aliphatic rings. The topological polar surface area (TPSA) is 34.1 Å². The van der Waals surface area contributed by atoms with E-state index in [-0.39, 0.29) is 10.7 Å². The van der Waals surface area contributed by atoms with Crippen molar-refractivity contribution >= 4 is 15.4 Å². The minimum absolute atomic E-state index is 0.286. The molecule has 2 aromatic rings. The number of rotatable bonds is 3. The van der Waals surface area contributed by atoms with E-state index in [9.17, 15) is 12.8 Å². The van der Waals surface area contributed by atoms with E-state index in [4.69, 9.17) is 0 Å². The van der Waals surface area contributed by atoms with Crippen LogP contribution in [0.3, 0.4) is 0 Å². The third kappa shape index (κ3) is 2.97. The summed E-state index contributed by atoms with van der Waals surface area (Å²) in [7, 11) is -3.28. The molecule has 0 fully saturated rings. The largest absolute Gasteiger partial charge is 0.224 e. The molecule has 2 nitrogen and oxygen atoms in total. The highest BCUT2D eigenvalue weighted by atomic mass is 32.2. The van der Waals surface area contributed by atoms with Crippen LogP contribution < -0.4 is 0 Å². The van der Waals surface area contributed by atoms with Crippen molar-refractivity contribution in [2.24, 2.45) is 0 Å². The summed E-state index contributed by atoms with van der Waals surface area (Å²) in [6.45, 7) is 0. The van der Waals surface area contributed by atoms with Gasteiger partial charge in [-0.2, -0.15) is 0 Å². The summed E-state index contributed by atoms with van der Waals surface area (Å²) in [4.78, 5) is 0.286. The first kappa shape index (κ1) is 15.0. The van der Waals surface area contributed by atoms with E-state index in [1.54, 1.807) is 24.3 Å². The van der Waals surface area contributed by atoms with Crippen LogP contribution >= 0.6 is 0 Å². The average Bonchev–Trinajstić information content (AvgIpc) is 3.00. The summed E-state index contributed by atoms with van der Waals surface area (Å²) >= 11 is 0. The zero-order chi connectivity index (χ0) is 15.7. The number of hydrogen-bond donors (Lipinski definition) is 0. The SMILES string of the molecule is CS(=O)(=O)c1ccc(C2=CCCC2)c(-c2ccc(F)cc2)c1. The van der Waals surface area contributed by atoms with E-state index in [0.29, 0.717) is 0 Å². The van der Waals surface area contributed by atoms with Crippen molar-refractivity contribution in [2.75, 3.05) is 6.26 Å². The van der Waals surface area contributed by atoms with Crippen LogP contribution in [0.25, 0.3) is 16.7 Å². The summed E-state index contributed by atoms with van der Waals surface area (Å²) < 4.78 is 36.8. The third-order valence-corrected chi connectivity index (χ3v) is 5.07. The quantitative estimate of drug-likeness (QED) is 0.837. The second-order valence-corrected chi connectivity index (χ2v) is 7.62. The fraction of sp³-hybridized carbons (Fsp3) is 0.222. The molecular formula is C18H17FO2S. The van der Waals surface area contributed by atoms with Crippen LogP contribution in [0.1, 0.15) is 24.8 Å². The smallest absolute Gasteiger partial charge is 0.175 e. The Bertz CT molecular complexity index is 834. The number of hydrogen-bond acceptors (Lipinski definition) is 2. The maximum atomic E-state index is 13.2. The van der Waals surface area contributed by atoms with Crippen LogP contribution in [-0.4, -0.2) is 14.7 Å². The number of benzene rings is 2. The Balaban J connectivity index is 2.20. The first-order chi connectivity index (χ1) is 10.4. The second-order valence-electron chi connectivity index (χ2n) is 5.61. The molecule has 0 bridgehead atoms. The third-order valence-electron chi connectivity index (χ3n) is 3.96. The molecular weight excluding hydrogens is 299 g/mol. The highest BCUT2D eigenvalue weighted by Gasteiger charge is 2.16. The Kier molecular flexibility index (Phi) is 3.87.